The molecule has 0 aliphatic heterocycles. The Labute approximate surface area is 234 Å². The molecule has 0 aromatic heterocycles. The number of carbonyl (C=O) groups excluding carboxylic acids is 1. The molecule has 5 heteroatoms. The summed E-state index contributed by atoms with van der Waals surface area (Å²) < 4.78 is 0. The van der Waals surface area contributed by atoms with E-state index < -0.39 is 18.2 Å². The van der Waals surface area contributed by atoms with Crippen molar-refractivity contribution in [1.82, 2.24) is 5.32 Å². The van der Waals surface area contributed by atoms with Crippen LogP contribution in [-0.4, -0.2) is 46.1 Å². The summed E-state index contributed by atoms with van der Waals surface area (Å²) in [6.45, 7) is 4.06. The van der Waals surface area contributed by atoms with Gasteiger partial charge in [-0.1, -0.05) is 102 Å². The van der Waals surface area contributed by atoms with Crippen molar-refractivity contribution >= 4 is 5.91 Å². The lowest BCUT2D eigenvalue weighted by Gasteiger charge is -2.26. The van der Waals surface area contributed by atoms with Crippen LogP contribution in [0.4, 0.5) is 0 Å². The second-order valence-electron chi connectivity index (χ2n) is 10.6. The normalized spacial score (nSPS) is 14.6. The predicted molar refractivity (Wildman–Crippen MR) is 162 cm³/mol. The molecule has 4 N–H and O–H groups in total. The number of carbonyl (C=O) groups is 1. The van der Waals surface area contributed by atoms with E-state index in [2.05, 4.69) is 55.6 Å². The quantitative estimate of drug-likeness (QED) is 0.0641. The molecule has 3 atom stereocenters. The Balaban J connectivity index is 3.87. The zero-order valence-corrected chi connectivity index (χ0v) is 24.8. The molecular weight excluding hydrogens is 474 g/mol. The number of unbranched alkanes of at least 4 members (excludes halogenated alkanes) is 13. The molecule has 0 aromatic rings. The number of aliphatic hydroxyl groups is 3. The summed E-state index contributed by atoms with van der Waals surface area (Å²) in [6, 6.07) is -0.836. The Kier molecular flexibility index (Phi) is 27.5. The number of amides is 1. The molecule has 0 heterocycles. The van der Waals surface area contributed by atoms with Gasteiger partial charge in [0.25, 0.3) is 0 Å². The Hall–Kier alpha value is -1.43. The second kappa shape index (κ2) is 28.6. The summed E-state index contributed by atoms with van der Waals surface area (Å²) >= 11 is 0. The molecule has 0 bridgehead atoms. The van der Waals surface area contributed by atoms with Crippen LogP contribution in [0.1, 0.15) is 142 Å². The van der Waals surface area contributed by atoms with E-state index in [0.29, 0.717) is 12.8 Å². The van der Waals surface area contributed by atoms with Crippen LogP contribution in [0.2, 0.25) is 0 Å². The van der Waals surface area contributed by atoms with E-state index in [1.54, 1.807) is 0 Å². The zero-order valence-electron chi connectivity index (χ0n) is 24.8. The van der Waals surface area contributed by atoms with E-state index in [1.165, 1.54) is 57.8 Å². The van der Waals surface area contributed by atoms with Gasteiger partial charge < -0.3 is 20.6 Å². The first kappa shape index (κ1) is 36.6. The topological polar surface area (TPSA) is 89.8 Å². The molecule has 5 nitrogen and oxygen atoms in total. The minimum atomic E-state index is -1.17. The van der Waals surface area contributed by atoms with Crippen LogP contribution in [0.25, 0.3) is 0 Å². The summed E-state index contributed by atoms with van der Waals surface area (Å²) in [7, 11) is 0. The molecule has 1 amide bonds. The highest BCUT2D eigenvalue weighted by molar-refractivity contribution is 5.76. The van der Waals surface area contributed by atoms with Gasteiger partial charge in [-0.3, -0.25) is 4.79 Å². The van der Waals surface area contributed by atoms with E-state index in [-0.39, 0.29) is 12.5 Å². The third-order valence-corrected chi connectivity index (χ3v) is 6.94. The number of hydrogen-bond acceptors (Lipinski definition) is 4. The molecule has 0 aromatic carbocycles. The van der Waals surface area contributed by atoms with Crippen LogP contribution in [0.5, 0.6) is 0 Å². The first-order valence-electron chi connectivity index (χ1n) is 15.8. The Bertz CT molecular complexity index is 602. The third kappa shape index (κ3) is 23.7. The molecule has 0 spiro atoms. The van der Waals surface area contributed by atoms with Gasteiger partial charge in [0.2, 0.25) is 5.91 Å². The molecule has 0 fully saturated rings. The average Bonchev–Trinajstić information content (AvgIpc) is 2.92. The monoisotopic (exact) mass is 535 g/mol. The van der Waals surface area contributed by atoms with Crippen molar-refractivity contribution in [2.24, 2.45) is 0 Å². The molecule has 38 heavy (non-hydrogen) atoms. The summed E-state index contributed by atoms with van der Waals surface area (Å²) in [4.78, 5) is 12.3. The van der Waals surface area contributed by atoms with E-state index >= 15 is 0 Å². The smallest absolute Gasteiger partial charge is 0.220 e. The van der Waals surface area contributed by atoms with E-state index in [4.69, 9.17) is 0 Å². The zero-order chi connectivity index (χ0) is 28.1. The van der Waals surface area contributed by atoms with Gasteiger partial charge in [-0.2, -0.15) is 0 Å². The molecule has 0 rings (SSSR count). The minimum absolute atomic E-state index is 0.180. The fourth-order valence-electron chi connectivity index (χ4n) is 4.39. The highest BCUT2D eigenvalue weighted by atomic mass is 16.3. The van der Waals surface area contributed by atoms with Gasteiger partial charge in [0.15, 0.2) is 0 Å². The molecule has 0 saturated carbocycles. The van der Waals surface area contributed by atoms with Gasteiger partial charge >= 0.3 is 0 Å². The molecular formula is C33H61NO4. The van der Waals surface area contributed by atoms with Crippen molar-refractivity contribution in [3.63, 3.8) is 0 Å². The first-order valence-corrected chi connectivity index (χ1v) is 15.8. The lowest BCUT2D eigenvalue weighted by atomic mass is 10.0. The fraction of sp³-hybridized carbons (Fsp3) is 0.788. The molecule has 0 aliphatic carbocycles. The van der Waals surface area contributed by atoms with Gasteiger partial charge in [0.05, 0.1) is 18.8 Å². The molecule has 0 saturated heterocycles. The minimum Gasteiger partial charge on any atom is -0.394 e. The molecule has 0 aliphatic rings. The summed E-state index contributed by atoms with van der Waals surface area (Å²) in [5.41, 5.74) is 0. The Morgan fingerprint density at radius 1 is 0.632 bits per heavy atom. The Morgan fingerprint density at radius 2 is 1.11 bits per heavy atom. The van der Waals surface area contributed by atoms with Gasteiger partial charge in [0, 0.05) is 6.42 Å². The summed E-state index contributed by atoms with van der Waals surface area (Å²) in [5.74, 6) is -0.180. The van der Waals surface area contributed by atoms with Gasteiger partial charge in [-0.25, -0.2) is 0 Å². The van der Waals surface area contributed by atoms with Crippen LogP contribution < -0.4 is 5.32 Å². The van der Waals surface area contributed by atoms with E-state index in [0.717, 1.165) is 57.8 Å². The molecule has 222 valence electrons. The predicted octanol–water partition coefficient (Wildman–Crippen LogP) is 7.70. The SMILES string of the molecule is CCCC/C=C/CC/C=C/CCCC(O)C(O)C(CO)NC(=O)CCCCC/C=C\CCCCCCCC. The van der Waals surface area contributed by atoms with Crippen LogP contribution in [0.3, 0.4) is 0 Å². The lowest BCUT2D eigenvalue weighted by molar-refractivity contribution is -0.124. The van der Waals surface area contributed by atoms with Crippen LogP contribution >= 0.6 is 0 Å². The van der Waals surface area contributed by atoms with Gasteiger partial charge in [-0.05, 0) is 70.6 Å². The highest BCUT2D eigenvalue weighted by Gasteiger charge is 2.26. The van der Waals surface area contributed by atoms with Crippen molar-refractivity contribution in [3.8, 4) is 0 Å². The number of aliphatic hydroxyl groups excluding tert-OH is 3. The number of rotatable bonds is 27. The van der Waals surface area contributed by atoms with Crippen molar-refractivity contribution in [3.05, 3.63) is 36.5 Å². The van der Waals surface area contributed by atoms with E-state index in [9.17, 15) is 20.1 Å². The summed E-state index contributed by atoms with van der Waals surface area (Å²) in [5, 5.41) is 33.1. The number of allylic oxidation sites excluding steroid dienone is 6. The van der Waals surface area contributed by atoms with E-state index in [1.807, 2.05) is 0 Å². The van der Waals surface area contributed by atoms with Crippen molar-refractivity contribution in [2.75, 3.05) is 6.61 Å². The third-order valence-electron chi connectivity index (χ3n) is 6.94. The molecule has 0 radical (unpaired) electrons. The number of nitrogens with one attached hydrogen (secondary N) is 1. The lowest BCUT2D eigenvalue weighted by Crippen LogP contribution is -2.50. The fourth-order valence-corrected chi connectivity index (χ4v) is 4.39. The average molecular weight is 536 g/mol. The largest absolute Gasteiger partial charge is 0.394 e. The van der Waals surface area contributed by atoms with Crippen LogP contribution in [0, 0.1) is 0 Å². The second-order valence-corrected chi connectivity index (χ2v) is 10.6. The van der Waals surface area contributed by atoms with Crippen LogP contribution in [-0.2, 0) is 4.79 Å². The first-order chi connectivity index (χ1) is 18.6. The Morgan fingerprint density at radius 3 is 1.68 bits per heavy atom. The van der Waals surface area contributed by atoms with Gasteiger partial charge in [-0.15, -0.1) is 0 Å². The van der Waals surface area contributed by atoms with Crippen molar-refractivity contribution in [2.45, 2.75) is 161 Å². The standard InChI is InChI=1S/C33H61NO4/c1-3-5-7-9-11-13-15-16-18-20-22-24-26-28-32(37)34-30(29-35)33(38)31(36)27-25-23-21-19-17-14-12-10-8-6-4-2/h10,12,16,18-19,21,30-31,33,35-36,38H,3-9,11,13-15,17,20,22-29H2,1-2H3,(H,34,37)/b12-10+,18-16-,21-19+. The van der Waals surface area contributed by atoms with Crippen molar-refractivity contribution < 1.29 is 20.1 Å². The van der Waals surface area contributed by atoms with Gasteiger partial charge in [0.1, 0.15) is 6.10 Å². The maximum atomic E-state index is 12.3. The van der Waals surface area contributed by atoms with Crippen molar-refractivity contribution in [1.29, 1.82) is 0 Å². The molecule has 3 unspecified atom stereocenters. The highest BCUT2D eigenvalue weighted by Crippen LogP contribution is 2.11. The van der Waals surface area contributed by atoms with Crippen LogP contribution in [0.15, 0.2) is 36.5 Å². The summed E-state index contributed by atoms with van der Waals surface area (Å²) in [6.07, 6.45) is 32.3. The maximum Gasteiger partial charge on any atom is 0.220 e. The number of hydrogen-bond donors (Lipinski definition) is 4. The maximum absolute atomic E-state index is 12.3.